The Labute approximate surface area is 217 Å². The molecule has 0 amide bonds. The predicted molar refractivity (Wildman–Crippen MR) is 144 cm³/mol. The van der Waals surface area contributed by atoms with Gasteiger partial charge in [-0.05, 0) is 86.3 Å². The van der Waals surface area contributed by atoms with Crippen molar-refractivity contribution < 1.29 is 19.1 Å². The summed E-state index contributed by atoms with van der Waals surface area (Å²) in [7, 11) is 0. The summed E-state index contributed by atoms with van der Waals surface area (Å²) in [5.74, 6) is 0.342. The number of rotatable bonds is 6. The molecule has 1 fully saturated rings. The zero-order chi connectivity index (χ0) is 25.8. The van der Waals surface area contributed by atoms with Crippen LogP contribution in [-0.4, -0.2) is 11.9 Å². The second kappa shape index (κ2) is 10.4. The van der Waals surface area contributed by atoms with Gasteiger partial charge in [-0.25, -0.2) is 9.59 Å². The summed E-state index contributed by atoms with van der Waals surface area (Å²) in [5, 5.41) is 0. The molecule has 0 N–H and O–H groups in total. The first-order valence-electron chi connectivity index (χ1n) is 12.7. The third-order valence-corrected chi connectivity index (χ3v) is 7.20. The fourth-order valence-electron chi connectivity index (χ4n) is 5.28. The Hall–Kier alpha value is -4.18. The summed E-state index contributed by atoms with van der Waals surface area (Å²) in [6.07, 6.45) is 4.37. The Bertz CT molecular complexity index is 1310. The van der Waals surface area contributed by atoms with E-state index in [1.807, 2.05) is 74.5 Å². The molecule has 4 aromatic carbocycles. The van der Waals surface area contributed by atoms with Gasteiger partial charge in [0, 0.05) is 5.41 Å². The van der Waals surface area contributed by atoms with Gasteiger partial charge < -0.3 is 9.47 Å². The van der Waals surface area contributed by atoms with E-state index in [2.05, 4.69) is 24.3 Å². The highest BCUT2D eigenvalue weighted by atomic mass is 16.5. The van der Waals surface area contributed by atoms with Gasteiger partial charge in [0.1, 0.15) is 11.5 Å². The van der Waals surface area contributed by atoms with Crippen molar-refractivity contribution in [1.82, 2.24) is 0 Å². The highest BCUT2D eigenvalue weighted by Crippen LogP contribution is 2.47. The number of carbonyl (C=O) groups is 2. The number of benzene rings is 4. The Morgan fingerprint density at radius 1 is 0.595 bits per heavy atom. The normalized spacial score (nSPS) is 14.2. The molecule has 0 saturated heterocycles. The fourth-order valence-corrected chi connectivity index (χ4v) is 5.28. The number of carbonyl (C=O) groups excluding carboxylic acids is 2. The van der Waals surface area contributed by atoms with Crippen LogP contribution in [0.5, 0.6) is 11.5 Å². The van der Waals surface area contributed by atoms with Crippen LogP contribution in [0.4, 0.5) is 0 Å². The van der Waals surface area contributed by atoms with Crippen molar-refractivity contribution in [2.24, 2.45) is 0 Å². The first kappa shape index (κ1) is 24.5. The van der Waals surface area contributed by atoms with Crippen LogP contribution in [-0.2, 0) is 5.41 Å². The SMILES string of the molecule is Cc1cccc(C(=O)Oc2ccc(C3(c4ccc(OC(=O)c5cccc(C)c5)cc4)CCCC3)cc2)c1. The number of esters is 2. The first-order valence-corrected chi connectivity index (χ1v) is 12.7. The molecule has 4 aromatic rings. The molecular formula is C33H30O4. The standard InChI is InChI=1S/C33H30O4/c1-23-7-5-9-25(21-23)31(34)36-29-15-11-27(12-16-29)33(19-3-4-20-33)28-13-17-30(18-14-28)37-32(35)26-10-6-8-24(2)22-26/h5-18,21-22H,3-4,19-20H2,1-2H3. The number of hydrogen-bond donors (Lipinski definition) is 0. The van der Waals surface area contributed by atoms with Gasteiger partial charge in [0.05, 0.1) is 11.1 Å². The minimum atomic E-state index is -0.358. The molecule has 1 aliphatic rings. The molecular weight excluding hydrogens is 460 g/mol. The number of ether oxygens (including phenoxy) is 2. The molecule has 0 spiro atoms. The summed E-state index contributed by atoms with van der Waals surface area (Å²) >= 11 is 0. The van der Waals surface area contributed by atoms with Gasteiger partial charge in [0.15, 0.2) is 0 Å². The highest BCUT2D eigenvalue weighted by Gasteiger charge is 2.37. The van der Waals surface area contributed by atoms with Crippen molar-refractivity contribution >= 4 is 11.9 Å². The van der Waals surface area contributed by atoms with Crippen molar-refractivity contribution in [3.8, 4) is 11.5 Å². The average molecular weight is 491 g/mol. The maximum Gasteiger partial charge on any atom is 0.343 e. The van der Waals surface area contributed by atoms with E-state index in [1.165, 1.54) is 11.1 Å². The van der Waals surface area contributed by atoms with Gasteiger partial charge in [-0.3, -0.25) is 0 Å². The molecule has 4 heteroatoms. The van der Waals surface area contributed by atoms with E-state index in [1.54, 1.807) is 12.1 Å². The fraction of sp³-hybridized carbons (Fsp3) is 0.212. The third-order valence-electron chi connectivity index (χ3n) is 7.20. The van der Waals surface area contributed by atoms with Gasteiger partial charge in [-0.1, -0.05) is 72.5 Å². The van der Waals surface area contributed by atoms with E-state index < -0.39 is 0 Å². The van der Waals surface area contributed by atoms with Crippen molar-refractivity contribution in [3.63, 3.8) is 0 Å². The van der Waals surface area contributed by atoms with E-state index in [0.717, 1.165) is 36.8 Å². The largest absolute Gasteiger partial charge is 0.423 e. The predicted octanol–water partition coefficient (Wildman–Crippen LogP) is 7.60. The van der Waals surface area contributed by atoms with Gasteiger partial charge >= 0.3 is 11.9 Å². The maximum atomic E-state index is 12.5. The Morgan fingerprint density at radius 3 is 1.38 bits per heavy atom. The molecule has 0 heterocycles. The zero-order valence-electron chi connectivity index (χ0n) is 21.2. The van der Waals surface area contributed by atoms with Gasteiger partial charge in [-0.2, -0.15) is 0 Å². The average Bonchev–Trinajstić information content (AvgIpc) is 3.41. The molecule has 0 unspecified atom stereocenters. The molecule has 0 bridgehead atoms. The lowest BCUT2D eigenvalue weighted by atomic mass is 9.73. The minimum absolute atomic E-state index is 0.113. The Balaban J connectivity index is 1.32. The molecule has 0 aliphatic heterocycles. The zero-order valence-corrected chi connectivity index (χ0v) is 21.2. The van der Waals surface area contributed by atoms with Crippen LogP contribution in [0.3, 0.4) is 0 Å². The molecule has 186 valence electrons. The van der Waals surface area contributed by atoms with Crippen molar-refractivity contribution in [2.75, 3.05) is 0 Å². The molecule has 1 saturated carbocycles. The van der Waals surface area contributed by atoms with Gasteiger partial charge in [0.25, 0.3) is 0 Å². The molecule has 5 rings (SSSR count). The molecule has 1 aliphatic carbocycles. The van der Waals surface area contributed by atoms with E-state index in [0.29, 0.717) is 22.6 Å². The van der Waals surface area contributed by atoms with Crippen LogP contribution in [0, 0.1) is 13.8 Å². The second-order valence-electron chi connectivity index (χ2n) is 9.86. The van der Waals surface area contributed by atoms with Crippen LogP contribution in [0.15, 0.2) is 97.1 Å². The first-order chi connectivity index (χ1) is 17.9. The van der Waals surface area contributed by atoms with Crippen LogP contribution < -0.4 is 9.47 Å². The van der Waals surface area contributed by atoms with E-state index in [9.17, 15) is 9.59 Å². The van der Waals surface area contributed by atoms with Crippen molar-refractivity contribution in [3.05, 3.63) is 130 Å². The molecule has 4 nitrogen and oxygen atoms in total. The molecule has 0 aromatic heterocycles. The van der Waals surface area contributed by atoms with E-state index in [4.69, 9.17) is 9.47 Å². The Morgan fingerprint density at radius 2 is 1.00 bits per heavy atom. The number of hydrogen-bond acceptors (Lipinski definition) is 4. The van der Waals surface area contributed by atoms with Crippen LogP contribution >= 0.6 is 0 Å². The van der Waals surface area contributed by atoms with Crippen LogP contribution in [0.2, 0.25) is 0 Å². The van der Waals surface area contributed by atoms with Crippen LogP contribution in [0.1, 0.15) is 68.7 Å². The monoisotopic (exact) mass is 490 g/mol. The summed E-state index contributed by atoms with van der Waals surface area (Å²) in [6, 6.07) is 30.6. The second-order valence-corrected chi connectivity index (χ2v) is 9.86. The van der Waals surface area contributed by atoms with E-state index >= 15 is 0 Å². The molecule has 37 heavy (non-hydrogen) atoms. The lowest BCUT2D eigenvalue weighted by Crippen LogP contribution is -2.23. The van der Waals surface area contributed by atoms with Crippen molar-refractivity contribution in [1.29, 1.82) is 0 Å². The smallest absolute Gasteiger partial charge is 0.343 e. The van der Waals surface area contributed by atoms with Gasteiger partial charge in [0.2, 0.25) is 0 Å². The van der Waals surface area contributed by atoms with Crippen molar-refractivity contribution in [2.45, 2.75) is 44.9 Å². The molecule has 0 atom stereocenters. The summed E-state index contributed by atoms with van der Waals surface area (Å²) in [5.41, 5.74) is 5.40. The highest BCUT2D eigenvalue weighted by molar-refractivity contribution is 5.91. The summed E-state index contributed by atoms with van der Waals surface area (Å²) in [4.78, 5) is 25.1. The van der Waals surface area contributed by atoms with Crippen LogP contribution in [0.25, 0.3) is 0 Å². The minimum Gasteiger partial charge on any atom is -0.423 e. The quantitative estimate of drug-likeness (QED) is 0.206. The lowest BCUT2D eigenvalue weighted by Gasteiger charge is -2.31. The van der Waals surface area contributed by atoms with Gasteiger partial charge in [-0.15, -0.1) is 0 Å². The molecule has 0 radical (unpaired) electrons. The summed E-state index contributed by atoms with van der Waals surface area (Å²) in [6.45, 7) is 3.90. The topological polar surface area (TPSA) is 52.6 Å². The Kier molecular flexibility index (Phi) is 6.91. The summed E-state index contributed by atoms with van der Waals surface area (Å²) < 4.78 is 11.2. The van der Waals surface area contributed by atoms with E-state index in [-0.39, 0.29) is 17.4 Å². The third kappa shape index (κ3) is 5.34. The lowest BCUT2D eigenvalue weighted by molar-refractivity contribution is 0.0725. The number of aryl methyl sites for hydroxylation is 2. The maximum absolute atomic E-state index is 12.5.